The normalized spacial score (nSPS) is 16.4. The third-order valence-corrected chi connectivity index (χ3v) is 4.25. The Hall–Kier alpha value is -2.50. The first kappa shape index (κ1) is 17.8. The molecule has 2 rings (SSSR count). The molecule has 1 aliphatic carbocycles. The van der Waals surface area contributed by atoms with Crippen molar-refractivity contribution in [2.75, 3.05) is 18.5 Å². The predicted octanol–water partition coefficient (Wildman–Crippen LogP) is 4.13. The van der Waals surface area contributed by atoms with Crippen LogP contribution in [0.1, 0.15) is 31.9 Å². The Labute approximate surface area is 142 Å². The third-order valence-electron chi connectivity index (χ3n) is 4.25. The van der Waals surface area contributed by atoms with Crippen LogP contribution in [0, 0.1) is 5.41 Å². The Morgan fingerprint density at radius 1 is 1.46 bits per heavy atom. The van der Waals surface area contributed by atoms with Crippen LogP contribution >= 0.6 is 0 Å². The first-order valence-electron chi connectivity index (χ1n) is 7.95. The van der Waals surface area contributed by atoms with Crippen molar-refractivity contribution in [3.8, 4) is 0 Å². The molecule has 128 valence electrons. The summed E-state index contributed by atoms with van der Waals surface area (Å²) >= 11 is 0. The highest BCUT2D eigenvalue weighted by molar-refractivity contribution is 5.54. The summed E-state index contributed by atoms with van der Waals surface area (Å²) in [4.78, 5) is 3.90. The molecule has 1 aliphatic rings. The highest BCUT2D eigenvalue weighted by Gasteiger charge is 2.42. The first-order valence-corrected chi connectivity index (χ1v) is 7.95. The van der Waals surface area contributed by atoms with E-state index in [1.54, 1.807) is 12.1 Å². The molecule has 0 saturated heterocycles. The molecule has 1 aromatic heterocycles. The van der Waals surface area contributed by atoms with Crippen molar-refractivity contribution in [3.05, 3.63) is 48.6 Å². The smallest absolute Gasteiger partial charge is 0.148 e. The van der Waals surface area contributed by atoms with Crippen LogP contribution in [0.15, 0.2) is 47.9 Å². The van der Waals surface area contributed by atoms with Gasteiger partial charge in [-0.05, 0) is 44.7 Å². The van der Waals surface area contributed by atoms with Gasteiger partial charge in [-0.25, -0.2) is 4.39 Å². The molecular weight excluding hydrogens is 307 g/mol. The second kappa shape index (κ2) is 7.86. The summed E-state index contributed by atoms with van der Waals surface area (Å²) < 4.78 is 19.3. The summed E-state index contributed by atoms with van der Waals surface area (Å²) in [5.41, 5.74) is 0.590. The van der Waals surface area contributed by atoms with Crippen LogP contribution in [-0.2, 0) is 4.74 Å². The monoisotopic (exact) mass is 330 g/mol. The van der Waals surface area contributed by atoms with Crippen molar-refractivity contribution < 1.29 is 9.13 Å². The third kappa shape index (κ3) is 3.69. The van der Waals surface area contributed by atoms with Crippen molar-refractivity contribution in [2.45, 2.75) is 26.2 Å². The minimum absolute atomic E-state index is 0.366. The number of halogens is 1. The van der Waals surface area contributed by atoms with Crippen molar-refractivity contribution >= 4 is 18.3 Å². The SMILES string of the molecule is C=CC(F)=C(N=C)C1(CNc2ccc(C(=C)OCC)nn2)CCC1. The lowest BCUT2D eigenvalue weighted by Crippen LogP contribution is -2.38. The molecule has 1 fully saturated rings. The van der Waals surface area contributed by atoms with Crippen LogP contribution < -0.4 is 5.32 Å². The van der Waals surface area contributed by atoms with Gasteiger partial charge in [0.25, 0.3) is 0 Å². The maximum absolute atomic E-state index is 14.0. The van der Waals surface area contributed by atoms with E-state index in [0.717, 1.165) is 19.3 Å². The fraction of sp³-hybridized carbons (Fsp3) is 0.389. The summed E-state index contributed by atoms with van der Waals surface area (Å²) in [5, 5.41) is 11.4. The molecule has 24 heavy (non-hydrogen) atoms. The zero-order chi connectivity index (χ0) is 17.6. The standard InChI is InChI=1S/C18H23FN4O/c1-5-14(19)17(20-4)18(10-7-11-18)12-21-16-9-8-15(22-23-16)13(3)24-6-2/h5,8-9H,1,3-4,6-7,10-12H2,2H3,(H,21,23). The van der Waals surface area contributed by atoms with Gasteiger partial charge in [-0.3, -0.25) is 4.99 Å². The van der Waals surface area contributed by atoms with Crippen LogP contribution in [0.5, 0.6) is 0 Å². The second-order valence-corrected chi connectivity index (χ2v) is 5.71. The molecule has 0 atom stereocenters. The van der Waals surface area contributed by atoms with Crippen LogP contribution in [0.25, 0.3) is 5.76 Å². The van der Waals surface area contributed by atoms with E-state index in [9.17, 15) is 4.39 Å². The van der Waals surface area contributed by atoms with Gasteiger partial charge in [0.15, 0.2) is 0 Å². The fourth-order valence-electron chi connectivity index (χ4n) is 2.78. The largest absolute Gasteiger partial charge is 0.492 e. The fourth-order valence-corrected chi connectivity index (χ4v) is 2.78. The molecule has 1 N–H and O–H groups in total. The first-order chi connectivity index (χ1) is 11.6. The van der Waals surface area contributed by atoms with Crippen molar-refractivity contribution in [3.63, 3.8) is 0 Å². The highest BCUT2D eigenvalue weighted by atomic mass is 19.1. The molecule has 1 aromatic rings. The minimum Gasteiger partial charge on any atom is -0.492 e. The molecule has 0 unspecified atom stereocenters. The molecule has 1 saturated carbocycles. The zero-order valence-corrected chi connectivity index (χ0v) is 14.0. The molecule has 5 nitrogen and oxygen atoms in total. The molecule has 0 aromatic carbocycles. The number of rotatable bonds is 9. The van der Waals surface area contributed by atoms with E-state index in [1.807, 2.05) is 6.92 Å². The van der Waals surface area contributed by atoms with Gasteiger partial charge in [-0.1, -0.05) is 19.6 Å². The van der Waals surface area contributed by atoms with E-state index in [2.05, 4.69) is 40.4 Å². The number of hydrogen-bond acceptors (Lipinski definition) is 5. The molecule has 0 spiro atoms. The number of aliphatic imine (C=N–C) groups is 1. The average molecular weight is 330 g/mol. The van der Waals surface area contributed by atoms with Crippen molar-refractivity contribution in [1.82, 2.24) is 10.2 Å². The zero-order valence-electron chi connectivity index (χ0n) is 14.0. The van der Waals surface area contributed by atoms with Gasteiger partial charge >= 0.3 is 0 Å². The van der Waals surface area contributed by atoms with Crippen LogP contribution in [0.2, 0.25) is 0 Å². The Balaban J connectivity index is 2.07. The average Bonchev–Trinajstić information content (AvgIpc) is 2.57. The van der Waals surface area contributed by atoms with Crippen LogP contribution in [0.3, 0.4) is 0 Å². The van der Waals surface area contributed by atoms with Gasteiger partial charge in [0, 0.05) is 12.0 Å². The number of nitrogens with zero attached hydrogens (tertiary/aromatic N) is 3. The van der Waals surface area contributed by atoms with Gasteiger partial charge in [-0.15, -0.1) is 10.2 Å². The number of ether oxygens (including phenoxy) is 1. The van der Waals surface area contributed by atoms with E-state index < -0.39 is 5.83 Å². The van der Waals surface area contributed by atoms with Gasteiger partial charge in [0.05, 0.1) is 12.3 Å². The number of hydrogen-bond donors (Lipinski definition) is 1. The van der Waals surface area contributed by atoms with Gasteiger partial charge in [0.2, 0.25) is 0 Å². The molecule has 1 heterocycles. The maximum atomic E-state index is 14.0. The molecule has 0 radical (unpaired) electrons. The van der Waals surface area contributed by atoms with Crippen molar-refractivity contribution in [2.24, 2.45) is 10.4 Å². The Morgan fingerprint density at radius 3 is 2.67 bits per heavy atom. The summed E-state index contributed by atoms with van der Waals surface area (Å²) in [7, 11) is 0. The van der Waals surface area contributed by atoms with Gasteiger partial charge in [-0.2, -0.15) is 0 Å². The Bertz CT molecular complexity index is 647. The highest BCUT2D eigenvalue weighted by Crippen LogP contribution is 2.48. The van der Waals surface area contributed by atoms with E-state index in [1.165, 1.54) is 6.08 Å². The molecule has 6 heteroatoms. The van der Waals surface area contributed by atoms with E-state index >= 15 is 0 Å². The van der Waals surface area contributed by atoms with E-state index in [0.29, 0.717) is 36.1 Å². The van der Waals surface area contributed by atoms with E-state index in [-0.39, 0.29) is 5.41 Å². The molecule has 0 amide bonds. The summed E-state index contributed by atoms with van der Waals surface area (Å²) in [6, 6.07) is 3.58. The topological polar surface area (TPSA) is 59.4 Å². The number of anilines is 1. The van der Waals surface area contributed by atoms with E-state index in [4.69, 9.17) is 4.74 Å². The summed E-state index contributed by atoms with van der Waals surface area (Å²) in [6.45, 7) is 13.7. The molecule has 0 aliphatic heterocycles. The van der Waals surface area contributed by atoms with Crippen LogP contribution in [-0.4, -0.2) is 30.1 Å². The lowest BCUT2D eigenvalue weighted by atomic mass is 9.66. The quantitative estimate of drug-likeness (QED) is 0.420. The Kier molecular flexibility index (Phi) is 5.84. The van der Waals surface area contributed by atoms with Gasteiger partial charge < -0.3 is 10.1 Å². The predicted molar refractivity (Wildman–Crippen MR) is 95.3 cm³/mol. The van der Waals surface area contributed by atoms with Crippen molar-refractivity contribution in [1.29, 1.82) is 0 Å². The lowest BCUT2D eigenvalue weighted by Gasteiger charge is -2.42. The lowest BCUT2D eigenvalue weighted by molar-refractivity contribution is 0.197. The second-order valence-electron chi connectivity index (χ2n) is 5.71. The number of allylic oxidation sites excluding steroid dienone is 2. The van der Waals surface area contributed by atoms with Gasteiger partial charge in [0.1, 0.15) is 23.1 Å². The summed E-state index contributed by atoms with van der Waals surface area (Å²) in [6.07, 6.45) is 3.91. The summed E-state index contributed by atoms with van der Waals surface area (Å²) in [5.74, 6) is 0.679. The Morgan fingerprint density at radius 2 is 2.21 bits per heavy atom. The maximum Gasteiger partial charge on any atom is 0.148 e. The molecular formula is C18H23FN4O. The number of nitrogens with one attached hydrogen (secondary N) is 1. The number of aromatic nitrogens is 2. The minimum atomic E-state index is -0.416. The van der Waals surface area contributed by atoms with Crippen LogP contribution in [0.4, 0.5) is 10.2 Å². The molecule has 0 bridgehead atoms.